The van der Waals surface area contributed by atoms with Crippen LogP contribution in [0.25, 0.3) is 0 Å². The normalized spacial score (nSPS) is 18.6. The van der Waals surface area contributed by atoms with Gasteiger partial charge in [0, 0.05) is 11.6 Å². The lowest BCUT2D eigenvalue weighted by molar-refractivity contribution is -0.123. The first-order valence-electron chi connectivity index (χ1n) is 7.90. The van der Waals surface area contributed by atoms with Crippen molar-refractivity contribution < 1.29 is 14.6 Å². The third kappa shape index (κ3) is 3.54. The molecule has 0 saturated heterocycles. The number of benzene rings is 2. The molecular weight excluding hydrogens is 290 g/mol. The molecule has 3 atom stereocenters. The Morgan fingerprint density at radius 2 is 1.91 bits per heavy atom. The molecule has 0 bridgehead atoms. The molecule has 2 aromatic carbocycles. The van der Waals surface area contributed by atoms with Gasteiger partial charge in [-0.05, 0) is 25.0 Å². The molecule has 0 saturated carbocycles. The molecular formula is C19H21NO3. The van der Waals surface area contributed by atoms with Gasteiger partial charge in [-0.25, -0.2) is 0 Å². The van der Waals surface area contributed by atoms with E-state index in [1.807, 2.05) is 61.5 Å². The van der Waals surface area contributed by atoms with Crippen LogP contribution >= 0.6 is 0 Å². The molecule has 1 amide bonds. The van der Waals surface area contributed by atoms with E-state index in [0.29, 0.717) is 13.0 Å². The topological polar surface area (TPSA) is 58.6 Å². The number of amides is 1. The van der Waals surface area contributed by atoms with Crippen LogP contribution in [0.4, 0.5) is 0 Å². The van der Waals surface area contributed by atoms with Crippen molar-refractivity contribution in [2.75, 3.05) is 6.61 Å². The van der Waals surface area contributed by atoms with Crippen molar-refractivity contribution in [3.8, 4) is 5.75 Å². The molecule has 4 heteroatoms. The Labute approximate surface area is 136 Å². The first-order valence-corrected chi connectivity index (χ1v) is 7.90. The number of aliphatic hydroxyl groups is 1. The van der Waals surface area contributed by atoms with Crippen LogP contribution in [0.3, 0.4) is 0 Å². The Morgan fingerprint density at radius 1 is 1.22 bits per heavy atom. The van der Waals surface area contributed by atoms with Crippen LogP contribution in [0.1, 0.15) is 36.5 Å². The first kappa shape index (κ1) is 15.6. The second kappa shape index (κ2) is 6.84. The number of ether oxygens (including phenoxy) is 1. The Bertz CT molecular complexity index is 671. The maximum absolute atomic E-state index is 12.5. The van der Waals surface area contributed by atoms with E-state index < -0.39 is 6.10 Å². The molecule has 23 heavy (non-hydrogen) atoms. The van der Waals surface area contributed by atoms with Crippen molar-refractivity contribution in [1.82, 2.24) is 5.32 Å². The van der Waals surface area contributed by atoms with Gasteiger partial charge in [0.2, 0.25) is 5.91 Å². The maximum Gasteiger partial charge on any atom is 0.231 e. The van der Waals surface area contributed by atoms with E-state index in [2.05, 4.69) is 5.32 Å². The van der Waals surface area contributed by atoms with Crippen LogP contribution in [0.2, 0.25) is 0 Å². The van der Waals surface area contributed by atoms with E-state index in [9.17, 15) is 9.90 Å². The van der Waals surface area contributed by atoms with Crippen LogP contribution in [0.5, 0.6) is 5.75 Å². The van der Waals surface area contributed by atoms with Crippen molar-refractivity contribution in [3.63, 3.8) is 0 Å². The zero-order valence-corrected chi connectivity index (χ0v) is 13.1. The van der Waals surface area contributed by atoms with Gasteiger partial charge in [-0.3, -0.25) is 4.79 Å². The predicted octanol–water partition coefficient (Wildman–Crippen LogP) is 2.79. The fourth-order valence-electron chi connectivity index (χ4n) is 2.93. The second-order valence-corrected chi connectivity index (χ2v) is 5.97. The van der Waals surface area contributed by atoms with Gasteiger partial charge in [-0.2, -0.15) is 0 Å². The quantitative estimate of drug-likeness (QED) is 0.892. The number of para-hydroxylation sites is 1. The van der Waals surface area contributed by atoms with Gasteiger partial charge in [0.15, 0.2) is 0 Å². The van der Waals surface area contributed by atoms with E-state index >= 15 is 0 Å². The average molecular weight is 311 g/mol. The van der Waals surface area contributed by atoms with Crippen molar-refractivity contribution in [1.29, 1.82) is 0 Å². The zero-order valence-electron chi connectivity index (χ0n) is 13.1. The average Bonchev–Trinajstić information content (AvgIpc) is 2.99. The van der Waals surface area contributed by atoms with E-state index in [1.54, 1.807) is 0 Å². The molecule has 0 unspecified atom stereocenters. The fourth-order valence-corrected chi connectivity index (χ4v) is 2.93. The highest BCUT2D eigenvalue weighted by Crippen LogP contribution is 2.33. The van der Waals surface area contributed by atoms with Gasteiger partial charge in [0.05, 0.1) is 6.10 Å². The number of hydrogen-bond acceptors (Lipinski definition) is 3. The standard InChI is InChI=1S/C19H21NO3/c1-13(11-17(21)14-7-3-2-4-8-14)20-19(22)16-12-23-18-10-6-5-9-15(16)18/h2-10,13,16-17,21H,11-12H2,1H3,(H,20,22)/t13-,16-,17-/m1/s1. The van der Waals surface area contributed by atoms with E-state index in [-0.39, 0.29) is 17.9 Å². The predicted molar refractivity (Wildman–Crippen MR) is 88.3 cm³/mol. The van der Waals surface area contributed by atoms with Crippen molar-refractivity contribution >= 4 is 5.91 Å². The number of carbonyl (C=O) groups is 1. The third-order valence-corrected chi connectivity index (χ3v) is 4.17. The van der Waals surface area contributed by atoms with Crippen molar-refractivity contribution in [2.45, 2.75) is 31.4 Å². The summed E-state index contributed by atoms with van der Waals surface area (Å²) in [5, 5.41) is 13.2. The number of fused-ring (bicyclic) bond motifs is 1. The van der Waals surface area contributed by atoms with Gasteiger partial charge < -0.3 is 15.2 Å². The lowest BCUT2D eigenvalue weighted by Gasteiger charge is -2.20. The summed E-state index contributed by atoms with van der Waals surface area (Å²) in [5.41, 5.74) is 1.80. The Kier molecular flexibility index (Phi) is 4.63. The SMILES string of the molecule is C[C@H](C[C@@H](O)c1ccccc1)NC(=O)[C@@H]1COc2ccccc21. The molecule has 0 aliphatic carbocycles. The summed E-state index contributed by atoms with van der Waals surface area (Å²) in [6, 6.07) is 17.0. The molecule has 1 aliphatic heterocycles. The van der Waals surface area contributed by atoms with Crippen LogP contribution in [-0.2, 0) is 4.79 Å². The van der Waals surface area contributed by atoms with Gasteiger partial charge in [0.25, 0.3) is 0 Å². The van der Waals surface area contributed by atoms with E-state index in [0.717, 1.165) is 16.9 Å². The smallest absolute Gasteiger partial charge is 0.231 e. The molecule has 1 heterocycles. The van der Waals surface area contributed by atoms with Crippen LogP contribution < -0.4 is 10.1 Å². The molecule has 2 N–H and O–H groups in total. The highest BCUT2D eigenvalue weighted by molar-refractivity contribution is 5.85. The summed E-state index contributed by atoms with van der Waals surface area (Å²) < 4.78 is 5.55. The highest BCUT2D eigenvalue weighted by Gasteiger charge is 2.30. The number of hydrogen-bond donors (Lipinski definition) is 2. The minimum atomic E-state index is -0.585. The molecule has 1 aliphatic rings. The number of aliphatic hydroxyl groups excluding tert-OH is 1. The van der Waals surface area contributed by atoms with Crippen molar-refractivity contribution in [2.24, 2.45) is 0 Å². The summed E-state index contributed by atoms with van der Waals surface area (Å²) in [6.07, 6.45) is -0.107. The van der Waals surface area contributed by atoms with Gasteiger partial charge in [0.1, 0.15) is 18.3 Å². The zero-order chi connectivity index (χ0) is 16.2. The highest BCUT2D eigenvalue weighted by atomic mass is 16.5. The number of nitrogens with one attached hydrogen (secondary N) is 1. The number of rotatable bonds is 5. The summed E-state index contributed by atoms with van der Waals surface area (Å²) in [4.78, 5) is 12.5. The van der Waals surface area contributed by atoms with Crippen molar-refractivity contribution in [3.05, 3.63) is 65.7 Å². The Balaban J connectivity index is 1.58. The third-order valence-electron chi connectivity index (χ3n) is 4.17. The van der Waals surface area contributed by atoms with Gasteiger partial charge >= 0.3 is 0 Å². The lowest BCUT2D eigenvalue weighted by atomic mass is 9.99. The molecule has 2 aromatic rings. The molecule has 0 radical (unpaired) electrons. The summed E-state index contributed by atoms with van der Waals surface area (Å²) in [6.45, 7) is 2.28. The molecule has 120 valence electrons. The summed E-state index contributed by atoms with van der Waals surface area (Å²) in [5.74, 6) is 0.454. The van der Waals surface area contributed by atoms with Gasteiger partial charge in [-0.1, -0.05) is 48.5 Å². The molecule has 0 fully saturated rings. The molecule has 4 nitrogen and oxygen atoms in total. The monoisotopic (exact) mass is 311 g/mol. The molecule has 0 aromatic heterocycles. The fraction of sp³-hybridized carbons (Fsp3) is 0.316. The Hall–Kier alpha value is -2.33. The van der Waals surface area contributed by atoms with Crippen LogP contribution in [0, 0.1) is 0 Å². The van der Waals surface area contributed by atoms with Crippen LogP contribution in [-0.4, -0.2) is 23.7 Å². The van der Waals surface area contributed by atoms with E-state index in [1.165, 1.54) is 0 Å². The largest absolute Gasteiger partial charge is 0.492 e. The lowest BCUT2D eigenvalue weighted by Crippen LogP contribution is -2.37. The Morgan fingerprint density at radius 3 is 2.70 bits per heavy atom. The van der Waals surface area contributed by atoms with Gasteiger partial charge in [-0.15, -0.1) is 0 Å². The number of carbonyl (C=O) groups excluding carboxylic acids is 1. The van der Waals surface area contributed by atoms with E-state index in [4.69, 9.17) is 4.74 Å². The molecule has 3 rings (SSSR count). The second-order valence-electron chi connectivity index (χ2n) is 5.97. The molecule has 0 spiro atoms. The minimum Gasteiger partial charge on any atom is -0.492 e. The summed E-state index contributed by atoms with van der Waals surface area (Å²) >= 11 is 0. The van der Waals surface area contributed by atoms with Crippen LogP contribution in [0.15, 0.2) is 54.6 Å². The first-order chi connectivity index (χ1) is 11.1. The summed E-state index contributed by atoms with van der Waals surface area (Å²) in [7, 11) is 0. The maximum atomic E-state index is 12.5. The minimum absolute atomic E-state index is 0.0530.